The van der Waals surface area contributed by atoms with Crippen molar-refractivity contribution in [2.45, 2.75) is 25.1 Å². The van der Waals surface area contributed by atoms with Crippen molar-refractivity contribution >= 4 is 11.8 Å². The molecule has 1 unspecified atom stereocenters. The van der Waals surface area contributed by atoms with Gasteiger partial charge < -0.3 is 24.8 Å². The van der Waals surface area contributed by atoms with Gasteiger partial charge in [0.1, 0.15) is 11.8 Å². The van der Waals surface area contributed by atoms with E-state index in [9.17, 15) is 19.8 Å². The monoisotopic (exact) mass is 483 g/mol. The second-order valence-electron chi connectivity index (χ2n) is 8.77. The van der Waals surface area contributed by atoms with Gasteiger partial charge in [0.25, 0.3) is 5.91 Å². The Bertz CT molecular complexity index is 1350. The van der Waals surface area contributed by atoms with Crippen LogP contribution in [-0.4, -0.2) is 50.6 Å². The number of phenolic OH excluding ortho intramolecular Hbond substituents is 1. The molecular formula is C28H25N3O5. The smallest absolute Gasteiger partial charge is 0.254 e. The number of hydrogen-bond acceptors (Lipinski definition) is 6. The molecule has 1 saturated heterocycles. The number of oxazole rings is 1. The Balaban J connectivity index is 1.26. The van der Waals surface area contributed by atoms with Crippen molar-refractivity contribution in [3.63, 3.8) is 0 Å². The van der Waals surface area contributed by atoms with Gasteiger partial charge in [-0.15, -0.1) is 0 Å². The molecule has 4 aromatic rings. The topological polar surface area (TPSA) is 116 Å². The number of rotatable bonds is 6. The van der Waals surface area contributed by atoms with Gasteiger partial charge >= 0.3 is 0 Å². The Morgan fingerprint density at radius 3 is 2.47 bits per heavy atom. The van der Waals surface area contributed by atoms with E-state index in [1.807, 2.05) is 30.3 Å². The third-order valence-electron chi connectivity index (χ3n) is 6.29. The number of benzene rings is 3. The second kappa shape index (κ2) is 10.1. The molecule has 1 fully saturated rings. The van der Waals surface area contributed by atoms with Gasteiger partial charge in [-0.05, 0) is 41.0 Å². The lowest BCUT2D eigenvalue weighted by molar-refractivity contribution is -0.125. The van der Waals surface area contributed by atoms with Gasteiger partial charge in [-0.3, -0.25) is 9.59 Å². The van der Waals surface area contributed by atoms with E-state index in [2.05, 4.69) is 10.3 Å². The van der Waals surface area contributed by atoms with Gasteiger partial charge in [0.05, 0.1) is 12.3 Å². The lowest BCUT2D eigenvalue weighted by atomic mass is 10.0. The van der Waals surface area contributed by atoms with Gasteiger partial charge in [-0.1, -0.05) is 48.5 Å². The highest BCUT2D eigenvalue weighted by Gasteiger charge is 2.39. The van der Waals surface area contributed by atoms with Crippen molar-refractivity contribution in [1.82, 2.24) is 15.2 Å². The molecule has 2 heterocycles. The summed E-state index contributed by atoms with van der Waals surface area (Å²) in [4.78, 5) is 31.7. The predicted octanol–water partition coefficient (Wildman–Crippen LogP) is 3.61. The minimum atomic E-state index is -0.772. The number of carbonyl (C=O) groups is 2. The second-order valence-corrected chi connectivity index (χ2v) is 8.77. The van der Waals surface area contributed by atoms with Crippen molar-refractivity contribution in [2.75, 3.05) is 6.54 Å². The molecule has 0 bridgehead atoms. The van der Waals surface area contributed by atoms with Crippen LogP contribution in [0.15, 0.2) is 89.8 Å². The molecule has 182 valence electrons. The summed E-state index contributed by atoms with van der Waals surface area (Å²) in [6, 6.07) is 20.6. The van der Waals surface area contributed by atoms with E-state index in [1.165, 1.54) is 11.3 Å². The molecule has 0 radical (unpaired) electrons. The summed E-state index contributed by atoms with van der Waals surface area (Å²) < 4.78 is 5.29. The number of nitrogens with one attached hydrogen (secondary N) is 1. The third-order valence-corrected chi connectivity index (χ3v) is 6.29. The zero-order chi connectivity index (χ0) is 25.1. The van der Waals surface area contributed by atoms with Crippen LogP contribution in [0.25, 0.3) is 22.5 Å². The number of aliphatic hydroxyl groups excluding tert-OH is 1. The van der Waals surface area contributed by atoms with Crippen LogP contribution < -0.4 is 5.32 Å². The summed E-state index contributed by atoms with van der Waals surface area (Å²) in [7, 11) is 0. The third kappa shape index (κ3) is 4.99. The number of likely N-dealkylation sites (tertiary alicyclic amines) is 1. The van der Waals surface area contributed by atoms with Crippen LogP contribution in [0.3, 0.4) is 0 Å². The normalized spacial score (nSPS) is 17.2. The van der Waals surface area contributed by atoms with Gasteiger partial charge in [0.2, 0.25) is 5.91 Å². The number of carbonyl (C=O) groups excluding carboxylic acids is 2. The molecule has 5 rings (SSSR count). The first-order chi connectivity index (χ1) is 17.5. The standard InChI is InChI=1S/C28H25N3O5/c32-23-10-8-19(9-11-23)21-2-1-3-22(12-21)28(35)31-16-24(33)13-25(31)27(34)30-14-18-4-6-20(7-5-18)26-15-29-17-36-26/h1-12,15,17,24-25,32-33H,13-14,16H2,(H,30,34)/t24-,25?/m1/s1. The van der Waals surface area contributed by atoms with Gasteiger partial charge in [-0.25, -0.2) is 4.98 Å². The van der Waals surface area contributed by atoms with Crippen LogP contribution >= 0.6 is 0 Å². The lowest BCUT2D eigenvalue weighted by Gasteiger charge is -2.24. The molecule has 2 amide bonds. The van der Waals surface area contributed by atoms with E-state index in [-0.39, 0.29) is 30.5 Å². The van der Waals surface area contributed by atoms with Gasteiger partial charge in [0, 0.05) is 30.6 Å². The molecular weight excluding hydrogens is 458 g/mol. The van der Waals surface area contributed by atoms with Crippen LogP contribution in [0.4, 0.5) is 0 Å². The molecule has 8 nitrogen and oxygen atoms in total. The largest absolute Gasteiger partial charge is 0.508 e. The summed E-state index contributed by atoms with van der Waals surface area (Å²) in [5.74, 6) is 0.198. The van der Waals surface area contributed by atoms with Crippen LogP contribution in [0.5, 0.6) is 5.75 Å². The molecule has 0 aliphatic carbocycles. The molecule has 1 aliphatic rings. The molecule has 3 aromatic carbocycles. The van der Waals surface area contributed by atoms with E-state index < -0.39 is 12.1 Å². The Morgan fingerprint density at radius 1 is 1.00 bits per heavy atom. The minimum absolute atomic E-state index is 0.0895. The average molecular weight is 484 g/mol. The van der Waals surface area contributed by atoms with Crippen LogP contribution in [0.1, 0.15) is 22.3 Å². The molecule has 3 N–H and O–H groups in total. The Hall–Kier alpha value is -4.43. The summed E-state index contributed by atoms with van der Waals surface area (Å²) in [5.41, 5.74) is 3.87. The van der Waals surface area contributed by atoms with E-state index in [0.717, 1.165) is 22.3 Å². The maximum atomic E-state index is 13.4. The highest BCUT2D eigenvalue weighted by atomic mass is 16.3. The van der Waals surface area contributed by atoms with E-state index in [1.54, 1.807) is 48.7 Å². The number of aromatic nitrogens is 1. The quantitative estimate of drug-likeness (QED) is 0.386. The Morgan fingerprint density at radius 2 is 1.75 bits per heavy atom. The van der Waals surface area contributed by atoms with E-state index in [4.69, 9.17) is 4.42 Å². The maximum absolute atomic E-state index is 13.4. The highest BCUT2D eigenvalue weighted by Crippen LogP contribution is 2.26. The van der Waals surface area contributed by atoms with Crippen LogP contribution in [0.2, 0.25) is 0 Å². The average Bonchev–Trinajstić information content (AvgIpc) is 3.58. The molecule has 1 aliphatic heterocycles. The Kier molecular flexibility index (Phi) is 6.51. The molecule has 0 spiro atoms. The first kappa shape index (κ1) is 23.3. The summed E-state index contributed by atoms with van der Waals surface area (Å²) in [6.07, 6.45) is 2.41. The van der Waals surface area contributed by atoms with Crippen molar-refractivity contribution in [1.29, 1.82) is 0 Å². The first-order valence-corrected chi connectivity index (χ1v) is 11.6. The summed E-state index contributed by atoms with van der Waals surface area (Å²) in [6.45, 7) is 0.382. The molecule has 36 heavy (non-hydrogen) atoms. The number of aliphatic hydroxyl groups is 1. The molecule has 0 saturated carbocycles. The number of phenols is 1. The number of amides is 2. The zero-order valence-corrected chi connectivity index (χ0v) is 19.4. The number of aromatic hydroxyl groups is 1. The highest BCUT2D eigenvalue weighted by molar-refractivity contribution is 5.99. The first-order valence-electron chi connectivity index (χ1n) is 11.6. The summed E-state index contributed by atoms with van der Waals surface area (Å²) >= 11 is 0. The van der Waals surface area contributed by atoms with Gasteiger partial charge in [0.15, 0.2) is 12.2 Å². The van der Waals surface area contributed by atoms with E-state index in [0.29, 0.717) is 17.9 Å². The lowest BCUT2D eigenvalue weighted by Crippen LogP contribution is -2.45. The Labute approximate surface area is 207 Å². The minimum Gasteiger partial charge on any atom is -0.508 e. The SMILES string of the molecule is O=C(NCc1ccc(-c2cnco2)cc1)C1C[C@@H](O)CN1C(=O)c1cccc(-c2ccc(O)cc2)c1. The predicted molar refractivity (Wildman–Crippen MR) is 133 cm³/mol. The van der Waals surface area contributed by atoms with Crippen molar-refractivity contribution in [2.24, 2.45) is 0 Å². The van der Waals surface area contributed by atoms with Crippen LogP contribution in [-0.2, 0) is 11.3 Å². The van der Waals surface area contributed by atoms with Crippen molar-refractivity contribution < 1.29 is 24.2 Å². The number of nitrogens with zero attached hydrogens (tertiary/aromatic N) is 2. The fourth-order valence-electron chi connectivity index (χ4n) is 4.39. The van der Waals surface area contributed by atoms with Crippen molar-refractivity contribution in [3.05, 3.63) is 96.5 Å². The van der Waals surface area contributed by atoms with Crippen LogP contribution in [0, 0.1) is 0 Å². The van der Waals surface area contributed by atoms with E-state index >= 15 is 0 Å². The number of hydrogen-bond donors (Lipinski definition) is 3. The molecule has 2 atom stereocenters. The molecule has 8 heteroatoms. The summed E-state index contributed by atoms with van der Waals surface area (Å²) in [5, 5.41) is 22.7. The fraction of sp³-hybridized carbons (Fsp3) is 0.179. The maximum Gasteiger partial charge on any atom is 0.254 e. The van der Waals surface area contributed by atoms with Gasteiger partial charge in [-0.2, -0.15) is 0 Å². The number of β-amino-alcohol motifs (C(OH)–C–C–N with tert-alkyl or cyclic N) is 1. The zero-order valence-electron chi connectivity index (χ0n) is 19.4. The van der Waals surface area contributed by atoms with Crippen molar-refractivity contribution in [3.8, 4) is 28.2 Å². The fourth-order valence-corrected chi connectivity index (χ4v) is 4.39. The molecule has 1 aromatic heterocycles.